The Morgan fingerprint density at radius 3 is 2.44 bits per heavy atom. The second-order valence-electron chi connectivity index (χ2n) is 4.45. The van der Waals surface area contributed by atoms with E-state index in [0.717, 1.165) is 24.2 Å². The van der Waals surface area contributed by atoms with Gasteiger partial charge in [-0.1, -0.05) is 26.0 Å². The lowest BCUT2D eigenvalue weighted by Gasteiger charge is -2.10. The van der Waals surface area contributed by atoms with Gasteiger partial charge in [0, 0.05) is 11.3 Å². The summed E-state index contributed by atoms with van der Waals surface area (Å²) in [4.78, 5) is 8.48. The molecule has 94 valence electrons. The minimum atomic E-state index is 0.342. The maximum Gasteiger partial charge on any atom is 0.220 e. The summed E-state index contributed by atoms with van der Waals surface area (Å²) in [6, 6.07) is 8.56. The normalized spacial score (nSPS) is 10.6. The number of nitrogens with zero attached hydrogens (tertiary/aromatic N) is 2. The molecule has 1 aromatic heterocycles. The number of benzene rings is 1. The van der Waals surface area contributed by atoms with Crippen LogP contribution in [0.4, 0.5) is 5.95 Å². The summed E-state index contributed by atoms with van der Waals surface area (Å²) in [6.07, 6.45) is 2.01. The molecule has 0 aliphatic heterocycles. The predicted octanol–water partition coefficient (Wildman–Crippen LogP) is 3.16. The smallest absolute Gasteiger partial charge is 0.220 e. The van der Waals surface area contributed by atoms with Gasteiger partial charge in [-0.05, 0) is 43.0 Å². The zero-order chi connectivity index (χ0) is 13.1. The first-order valence-electron chi connectivity index (χ1n) is 6.37. The lowest BCUT2D eigenvalue weighted by atomic mass is 9.98. The van der Waals surface area contributed by atoms with Crippen molar-refractivity contribution in [3.8, 4) is 11.3 Å². The van der Waals surface area contributed by atoms with Crippen LogP contribution in [0.3, 0.4) is 0 Å². The Labute approximate surface area is 108 Å². The predicted molar refractivity (Wildman–Crippen MR) is 75.4 cm³/mol. The molecule has 0 radical (unpaired) electrons. The van der Waals surface area contributed by atoms with E-state index >= 15 is 0 Å². The van der Waals surface area contributed by atoms with Gasteiger partial charge in [0.1, 0.15) is 0 Å². The third-order valence-electron chi connectivity index (χ3n) is 3.11. The van der Waals surface area contributed by atoms with Gasteiger partial charge in [0.25, 0.3) is 0 Å². The SMILES string of the molecule is CCc1ccc(CC)c(-c2cc(C)nc(N)n2)c1. The largest absolute Gasteiger partial charge is 0.368 e. The van der Waals surface area contributed by atoms with E-state index in [-0.39, 0.29) is 0 Å². The minimum absolute atomic E-state index is 0.342. The van der Waals surface area contributed by atoms with E-state index in [9.17, 15) is 0 Å². The topological polar surface area (TPSA) is 51.8 Å². The van der Waals surface area contributed by atoms with Crippen molar-refractivity contribution < 1.29 is 0 Å². The summed E-state index contributed by atoms with van der Waals surface area (Å²) in [5, 5.41) is 0. The molecule has 2 N–H and O–H groups in total. The molecule has 3 heteroatoms. The summed E-state index contributed by atoms with van der Waals surface area (Å²) in [6.45, 7) is 6.25. The number of aryl methyl sites for hydroxylation is 3. The van der Waals surface area contributed by atoms with E-state index in [1.54, 1.807) is 0 Å². The van der Waals surface area contributed by atoms with Crippen LogP contribution in [0.2, 0.25) is 0 Å². The Balaban J connectivity index is 2.60. The van der Waals surface area contributed by atoms with Crippen molar-refractivity contribution in [1.29, 1.82) is 0 Å². The van der Waals surface area contributed by atoms with Gasteiger partial charge in [0.15, 0.2) is 0 Å². The molecule has 18 heavy (non-hydrogen) atoms. The first-order valence-corrected chi connectivity index (χ1v) is 6.37. The molecule has 1 heterocycles. The molecule has 0 unspecified atom stereocenters. The van der Waals surface area contributed by atoms with Crippen molar-refractivity contribution in [3.63, 3.8) is 0 Å². The van der Waals surface area contributed by atoms with Crippen molar-refractivity contribution in [2.45, 2.75) is 33.6 Å². The highest BCUT2D eigenvalue weighted by molar-refractivity contribution is 5.66. The van der Waals surface area contributed by atoms with Crippen molar-refractivity contribution in [2.24, 2.45) is 0 Å². The van der Waals surface area contributed by atoms with Crippen LogP contribution in [0.25, 0.3) is 11.3 Å². The van der Waals surface area contributed by atoms with Crippen LogP contribution in [0.15, 0.2) is 24.3 Å². The monoisotopic (exact) mass is 241 g/mol. The molecule has 2 rings (SSSR count). The van der Waals surface area contributed by atoms with E-state index in [0.29, 0.717) is 5.95 Å². The maximum absolute atomic E-state index is 5.74. The van der Waals surface area contributed by atoms with Crippen molar-refractivity contribution in [2.75, 3.05) is 5.73 Å². The molecular weight excluding hydrogens is 222 g/mol. The summed E-state index contributed by atoms with van der Waals surface area (Å²) in [7, 11) is 0. The first kappa shape index (κ1) is 12.6. The number of hydrogen-bond acceptors (Lipinski definition) is 3. The van der Waals surface area contributed by atoms with Crippen LogP contribution in [0, 0.1) is 6.92 Å². The van der Waals surface area contributed by atoms with Crippen LogP contribution >= 0.6 is 0 Å². The minimum Gasteiger partial charge on any atom is -0.368 e. The Morgan fingerprint density at radius 1 is 1.06 bits per heavy atom. The zero-order valence-electron chi connectivity index (χ0n) is 11.2. The van der Waals surface area contributed by atoms with E-state index in [1.807, 2.05) is 13.0 Å². The van der Waals surface area contributed by atoms with E-state index < -0.39 is 0 Å². The second kappa shape index (κ2) is 5.17. The van der Waals surface area contributed by atoms with Gasteiger partial charge < -0.3 is 5.73 Å². The van der Waals surface area contributed by atoms with Crippen LogP contribution in [-0.4, -0.2) is 9.97 Å². The molecule has 0 bridgehead atoms. The molecule has 0 saturated carbocycles. The maximum atomic E-state index is 5.74. The lowest BCUT2D eigenvalue weighted by molar-refractivity contribution is 1.08. The second-order valence-corrected chi connectivity index (χ2v) is 4.45. The zero-order valence-corrected chi connectivity index (χ0v) is 11.2. The molecule has 0 spiro atoms. The molecule has 0 saturated heterocycles. The van der Waals surface area contributed by atoms with Crippen molar-refractivity contribution >= 4 is 5.95 Å². The summed E-state index contributed by atoms with van der Waals surface area (Å²) in [5.41, 5.74) is 11.4. The van der Waals surface area contributed by atoms with Gasteiger partial charge >= 0.3 is 0 Å². The summed E-state index contributed by atoms with van der Waals surface area (Å²) >= 11 is 0. The molecule has 2 aromatic rings. The fourth-order valence-corrected chi connectivity index (χ4v) is 2.12. The van der Waals surface area contributed by atoms with E-state index in [4.69, 9.17) is 5.73 Å². The molecule has 0 amide bonds. The van der Waals surface area contributed by atoms with Crippen LogP contribution in [0.5, 0.6) is 0 Å². The van der Waals surface area contributed by atoms with Gasteiger partial charge in [0.2, 0.25) is 5.95 Å². The third-order valence-corrected chi connectivity index (χ3v) is 3.11. The van der Waals surface area contributed by atoms with E-state index in [2.05, 4.69) is 42.0 Å². The number of anilines is 1. The first-order chi connectivity index (χ1) is 8.63. The number of nitrogens with two attached hydrogens (primary N) is 1. The average Bonchev–Trinajstić information content (AvgIpc) is 2.36. The van der Waals surface area contributed by atoms with Gasteiger partial charge in [0.05, 0.1) is 5.69 Å². The fraction of sp³-hybridized carbons (Fsp3) is 0.333. The number of rotatable bonds is 3. The Kier molecular flexibility index (Phi) is 3.60. The number of hydrogen-bond donors (Lipinski definition) is 1. The quantitative estimate of drug-likeness (QED) is 0.898. The number of nitrogen functional groups attached to an aromatic ring is 1. The van der Waals surface area contributed by atoms with Gasteiger partial charge in [-0.15, -0.1) is 0 Å². The third kappa shape index (κ3) is 2.50. The average molecular weight is 241 g/mol. The molecule has 3 nitrogen and oxygen atoms in total. The molecular formula is C15H19N3. The van der Waals surface area contributed by atoms with Crippen LogP contribution in [-0.2, 0) is 12.8 Å². The van der Waals surface area contributed by atoms with Gasteiger partial charge in [-0.3, -0.25) is 0 Å². The molecule has 1 aromatic carbocycles. The highest BCUT2D eigenvalue weighted by atomic mass is 15.0. The standard InChI is InChI=1S/C15H19N3/c1-4-11-6-7-12(5-2)13(9-11)14-8-10(3)17-15(16)18-14/h6-9H,4-5H2,1-3H3,(H2,16,17,18). The van der Waals surface area contributed by atoms with E-state index in [1.165, 1.54) is 16.7 Å². The van der Waals surface area contributed by atoms with Crippen LogP contribution < -0.4 is 5.73 Å². The molecule has 0 atom stereocenters. The highest BCUT2D eigenvalue weighted by Crippen LogP contribution is 2.25. The Bertz CT molecular complexity index is 541. The molecule has 0 aliphatic rings. The Morgan fingerprint density at radius 2 is 1.83 bits per heavy atom. The molecule has 0 fully saturated rings. The van der Waals surface area contributed by atoms with Gasteiger partial charge in [-0.25, -0.2) is 9.97 Å². The van der Waals surface area contributed by atoms with Crippen LogP contribution in [0.1, 0.15) is 30.7 Å². The lowest BCUT2D eigenvalue weighted by Crippen LogP contribution is -2.00. The highest BCUT2D eigenvalue weighted by Gasteiger charge is 2.08. The van der Waals surface area contributed by atoms with Gasteiger partial charge in [-0.2, -0.15) is 0 Å². The summed E-state index contributed by atoms with van der Waals surface area (Å²) in [5.74, 6) is 0.342. The fourth-order valence-electron chi connectivity index (χ4n) is 2.12. The van der Waals surface area contributed by atoms with Crippen molar-refractivity contribution in [3.05, 3.63) is 41.1 Å². The summed E-state index contributed by atoms with van der Waals surface area (Å²) < 4.78 is 0. The Hall–Kier alpha value is -1.90. The molecule has 0 aliphatic carbocycles. The number of aromatic nitrogens is 2. The van der Waals surface area contributed by atoms with Crippen molar-refractivity contribution in [1.82, 2.24) is 9.97 Å².